The SMILES string of the molecule is C=CCCCC(O)c1ccc(Cl)cc1Cl. The fourth-order valence-corrected chi connectivity index (χ4v) is 1.92. The maximum Gasteiger partial charge on any atom is 0.0804 e. The Labute approximate surface area is 100 Å². The van der Waals surface area contributed by atoms with Crippen molar-refractivity contribution >= 4 is 23.2 Å². The first kappa shape index (κ1) is 12.6. The third kappa shape index (κ3) is 3.86. The largest absolute Gasteiger partial charge is 0.388 e. The molecule has 0 radical (unpaired) electrons. The zero-order valence-corrected chi connectivity index (χ0v) is 9.93. The van der Waals surface area contributed by atoms with E-state index in [1.807, 2.05) is 6.08 Å². The summed E-state index contributed by atoms with van der Waals surface area (Å²) in [5, 5.41) is 11.0. The predicted octanol–water partition coefficient (Wildman–Crippen LogP) is 4.38. The van der Waals surface area contributed by atoms with Crippen molar-refractivity contribution in [1.29, 1.82) is 0 Å². The van der Waals surface area contributed by atoms with E-state index in [4.69, 9.17) is 23.2 Å². The first-order valence-corrected chi connectivity index (χ1v) is 5.64. The minimum Gasteiger partial charge on any atom is -0.388 e. The zero-order chi connectivity index (χ0) is 11.3. The molecule has 1 nitrogen and oxygen atoms in total. The van der Waals surface area contributed by atoms with Gasteiger partial charge in [0.2, 0.25) is 0 Å². The van der Waals surface area contributed by atoms with Crippen LogP contribution in [0.1, 0.15) is 30.9 Å². The van der Waals surface area contributed by atoms with Crippen LogP contribution in [0, 0.1) is 0 Å². The topological polar surface area (TPSA) is 20.2 Å². The molecule has 0 aliphatic heterocycles. The van der Waals surface area contributed by atoms with Gasteiger partial charge in [-0.05, 0) is 37.0 Å². The highest BCUT2D eigenvalue weighted by Gasteiger charge is 2.10. The van der Waals surface area contributed by atoms with Crippen LogP contribution in [0.15, 0.2) is 30.9 Å². The van der Waals surface area contributed by atoms with Crippen LogP contribution in [-0.4, -0.2) is 5.11 Å². The molecule has 1 atom stereocenters. The van der Waals surface area contributed by atoms with E-state index < -0.39 is 6.10 Å². The van der Waals surface area contributed by atoms with E-state index in [9.17, 15) is 5.11 Å². The van der Waals surface area contributed by atoms with E-state index in [1.165, 1.54) is 0 Å². The molecule has 0 aliphatic rings. The molecule has 1 aromatic rings. The van der Waals surface area contributed by atoms with Crippen molar-refractivity contribution in [3.8, 4) is 0 Å². The van der Waals surface area contributed by atoms with Gasteiger partial charge in [-0.2, -0.15) is 0 Å². The van der Waals surface area contributed by atoms with E-state index in [1.54, 1.807) is 18.2 Å². The number of hydrogen-bond acceptors (Lipinski definition) is 1. The van der Waals surface area contributed by atoms with Crippen LogP contribution in [0.25, 0.3) is 0 Å². The molecular formula is C12H14Cl2O. The summed E-state index contributed by atoms with van der Waals surface area (Å²) in [5.74, 6) is 0. The van der Waals surface area contributed by atoms with Gasteiger partial charge in [-0.15, -0.1) is 6.58 Å². The normalized spacial score (nSPS) is 12.5. The zero-order valence-electron chi connectivity index (χ0n) is 8.42. The second-order valence-electron chi connectivity index (χ2n) is 3.40. The van der Waals surface area contributed by atoms with Gasteiger partial charge in [-0.3, -0.25) is 0 Å². The highest BCUT2D eigenvalue weighted by molar-refractivity contribution is 6.35. The average Bonchev–Trinajstić information content (AvgIpc) is 2.17. The highest BCUT2D eigenvalue weighted by atomic mass is 35.5. The van der Waals surface area contributed by atoms with E-state index in [2.05, 4.69) is 6.58 Å². The number of aliphatic hydroxyl groups is 1. The summed E-state index contributed by atoms with van der Waals surface area (Å²) in [6.45, 7) is 3.63. The lowest BCUT2D eigenvalue weighted by atomic mass is 10.0. The first-order valence-electron chi connectivity index (χ1n) is 4.89. The molecule has 82 valence electrons. The lowest BCUT2D eigenvalue weighted by molar-refractivity contribution is 0.165. The summed E-state index contributed by atoms with van der Waals surface area (Å²) < 4.78 is 0. The fourth-order valence-electron chi connectivity index (χ4n) is 1.38. The van der Waals surface area contributed by atoms with Crippen molar-refractivity contribution in [2.75, 3.05) is 0 Å². The Kier molecular flexibility index (Phi) is 5.16. The quantitative estimate of drug-likeness (QED) is 0.602. The van der Waals surface area contributed by atoms with Crippen LogP contribution in [0.4, 0.5) is 0 Å². The van der Waals surface area contributed by atoms with Crippen LogP contribution in [0.5, 0.6) is 0 Å². The van der Waals surface area contributed by atoms with Crippen molar-refractivity contribution in [3.63, 3.8) is 0 Å². The molecular weight excluding hydrogens is 231 g/mol. The number of hydrogen-bond donors (Lipinski definition) is 1. The Bertz CT molecular complexity index is 336. The Morgan fingerprint density at radius 2 is 2.13 bits per heavy atom. The first-order chi connectivity index (χ1) is 7.15. The second kappa shape index (κ2) is 6.16. The lowest BCUT2D eigenvalue weighted by Gasteiger charge is -2.12. The Balaban J connectivity index is 2.64. The Morgan fingerprint density at radius 3 is 2.73 bits per heavy atom. The summed E-state index contributed by atoms with van der Waals surface area (Å²) in [6.07, 6.45) is 3.82. The molecule has 0 aromatic heterocycles. The maximum absolute atomic E-state index is 9.86. The second-order valence-corrected chi connectivity index (χ2v) is 4.24. The van der Waals surface area contributed by atoms with Crippen LogP contribution in [-0.2, 0) is 0 Å². The number of aliphatic hydroxyl groups excluding tert-OH is 1. The fraction of sp³-hybridized carbons (Fsp3) is 0.333. The van der Waals surface area contributed by atoms with E-state index in [0.717, 1.165) is 18.4 Å². The van der Waals surface area contributed by atoms with Crippen molar-refractivity contribution in [2.24, 2.45) is 0 Å². The van der Waals surface area contributed by atoms with Crippen LogP contribution in [0.2, 0.25) is 10.0 Å². The van der Waals surface area contributed by atoms with Gasteiger partial charge >= 0.3 is 0 Å². The van der Waals surface area contributed by atoms with Gasteiger partial charge in [0.25, 0.3) is 0 Å². The molecule has 1 N–H and O–H groups in total. The van der Waals surface area contributed by atoms with E-state index in [-0.39, 0.29) is 0 Å². The standard InChI is InChI=1S/C12H14Cl2O/c1-2-3-4-5-12(15)10-7-6-9(13)8-11(10)14/h2,6-8,12,15H,1,3-5H2. The van der Waals surface area contributed by atoms with Crippen LogP contribution in [0.3, 0.4) is 0 Å². The third-order valence-electron chi connectivity index (χ3n) is 2.21. The minimum absolute atomic E-state index is 0.519. The number of unbranched alkanes of at least 4 members (excludes halogenated alkanes) is 1. The monoisotopic (exact) mass is 244 g/mol. The summed E-state index contributed by atoms with van der Waals surface area (Å²) >= 11 is 11.7. The van der Waals surface area contributed by atoms with E-state index in [0.29, 0.717) is 16.5 Å². The van der Waals surface area contributed by atoms with E-state index >= 15 is 0 Å². The molecule has 0 aliphatic carbocycles. The van der Waals surface area contributed by atoms with Crippen molar-refractivity contribution in [1.82, 2.24) is 0 Å². The molecule has 0 heterocycles. The van der Waals surface area contributed by atoms with Gasteiger partial charge < -0.3 is 5.11 Å². The van der Waals surface area contributed by atoms with Crippen LogP contribution < -0.4 is 0 Å². The molecule has 0 amide bonds. The maximum atomic E-state index is 9.86. The van der Waals surface area contributed by atoms with Gasteiger partial charge in [0.05, 0.1) is 6.10 Å². The Morgan fingerprint density at radius 1 is 1.40 bits per heavy atom. The minimum atomic E-state index is -0.519. The number of rotatable bonds is 5. The number of halogens is 2. The molecule has 15 heavy (non-hydrogen) atoms. The molecule has 1 rings (SSSR count). The summed E-state index contributed by atoms with van der Waals surface area (Å²) in [5.41, 5.74) is 0.741. The van der Waals surface area contributed by atoms with Gasteiger partial charge in [0, 0.05) is 10.0 Å². The summed E-state index contributed by atoms with van der Waals surface area (Å²) in [4.78, 5) is 0. The third-order valence-corrected chi connectivity index (χ3v) is 2.77. The summed E-state index contributed by atoms with van der Waals surface area (Å²) in [6, 6.07) is 5.15. The van der Waals surface area contributed by atoms with Crippen LogP contribution >= 0.6 is 23.2 Å². The number of allylic oxidation sites excluding steroid dienone is 1. The van der Waals surface area contributed by atoms with Gasteiger partial charge in [0.15, 0.2) is 0 Å². The van der Waals surface area contributed by atoms with Gasteiger partial charge in [0.1, 0.15) is 0 Å². The molecule has 1 unspecified atom stereocenters. The van der Waals surface area contributed by atoms with Crippen molar-refractivity contribution < 1.29 is 5.11 Å². The molecule has 0 saturated heterocycles. The predicted molar refractivity (Wildman–Crippen MR) is 65.5 cm³/mol. The lowest BCUT2D eigenvalue weighted by Crippen LogP contribution is -1.98. The molecule has 0 bridgehead atoms. The highest BCUT2D eigenvalue weighted by Crippen LogP contribution is 2.28. The van der Waals surface area contributed by atoms with Crippen molar-refractivity contribution in [3.05, 3.63) is 46.5 Å². The molecule has 0 fully saturated rings. The van der Waals surface area contributed by atoms with Gasteiger partial charge in [-0.1, -0.05) is 35.3 Å². The molecule has 0 saturated carbocycles. The summed E-state index contributed by atoms with van der Waals surface area (Å²) in [7, 11) is 0. The number of benzene rings is 1. The smallest absolute Gasteiger partial charge is 0.0804 e. The average molecular weight is 245 g/mol. The molecule has 0 spiro atoms. The van der Waals surface area contributed by atoms with Crippen molar-refractivity contribution in [2.45, 2.75) is 25.4 Å². The molecule has 1 aromatic carbocycles. The Hall–Kier alpha value is -0.500. The van der Waals surface area contributed by atoms with Gasteiger partial charge in [-0.25, -0.2) is 0 Å². The molecule has 3 heteroatoms.